The lowest BCUT2D eigenvalue weighted by Gasteiger charge is -2.04. The fourth-order valence-corrected chi connectivity index (χ4v) is 1.94. The van der Waals surface area contributed by atoms with Crippen LogP contribution >= 0.6 is 20.0 Å². The van der Waals surface area contributed by atoms with Gasteiger partial charge in [0.05, 0.1) is 12.4 Å². The van der Waals surface area contributed by atoms with Crippen molar-refractivity contribution in [3.05, 3.63) is 0 Å². The largest absolute Gasteiger partial charge is 0.355 e. The summed E-state index contributed by atoms with van der Waals surface area (Å²) in [5, 5.41) is 2.66. The van der Waals surface area contributed by atoms with E-state index in [0.29, 0.717) is 13.2 Å². The first kappa shape index (κ1) is 17.6. The standard InChI is InChI=1S/C10H20NO5PS/c1-9(12)18-8-10(13)11-6-4-2-3-5-7-16-17(14)15/h17H,2-8H2,1H3,(H,11,13)(H,14,15). The van der Waals surface area contributed by atoms with Crippen LogP contribution in [-0.2, 0) is 18.7 Å². The van der Waals surface area contributed by atoms with Crippen molar-refractivity contribution in [2.24, 2.45) is 0 Å². The Bertz CT molecular complexity index is 287. The van der Waals surface area contributed by atoms with E-state index in [1.807, 2.05) is 0 Å². The molecule has 0 radical (unpaired) electrons. The van der Waals surface area contributed by atoms with Crippen molar-refractivity contribution in [3.63, 3.8) is 0 Å². The highest BCUT2D eigenvalue weighted by Gasteiger charge is 2.02. The summed E-state index contributed by atoms with van der Waals surface area (Å²) in [5.41, 5.74) is 0. The van der Waals surface area contributed by atoms with Crippen LogP contribution in [0.4, 0.5) is 0 Å². The van der Waals surface area contributed by atoms with Gasteiger partial charge in [0, 0.05) is 13.5 Å². The summed E-state index contributed by atoms with van der Waals surface area (Å²) in [6.07, 6.45) is 3.42. The quantitative estimate of drug-likeness (QED) is 0.467. The van der Waals surface area contributed by atoms with E-state index >= 15 is 0 Å². The maximum absolute atomic E-state index is 11.2. The molecule has 0 aliphatic heterocycles. The molecule has 2 N–H and O–H groups in total. The van der Waals surface area contributed by atoms with Crippen molar-refractivity contribution < 1.29 is 23.6 Å². The van der Waals surface area contributed by atoms with Gasteiger partial charge in [0.25, 0.3) is 0 Å². The number of hydrogen-bond acceptors (Lipinski definition) is 5. The zero-order chi connectivity index (χ0) is 13.8. The predicted molar refractivity (Wildman–Crippen MR) is 71.8 cm³/mol. The van der Waals surface area contributed by atoms with Crippen molar-refractivity contribution in [2.45, 2.75) is 32.6 Å². The van der Waals surface area contributed by atoms with Crippen LogP contribution in [0.1, 0.15) is 32.6 Å². The van der Waals surface area contributed by atoms with Crippen molar-refractivity contribution in [2.75, 3.05) is 18.9 Å². The molecule has 1 unspecified atom stereocenters. The zero-order valence-electron chi connectivity index (χ0n) is 10.4. The predicted octanol–water partition coefficient (Wildman–Crippen LogP) is 1.34. The number of amides is 1. The van der Waals surface area contributed by atoms with E-state index in [4.69, 9.17) is 4.89 Å². The van der Waals surface area contributed by atoms with E-state index < -0.39 is 8.25 Å². The van der Waals surface area contributed by atoms with Crippen LogP contribution in [0.3, 0.4) is 0 Å². The molecule has 0 saturated carbocycles. The van der Waals surface area contributed by atoms with E-state index in [2.05, 4.69) is 9.84 Å². The maximum Gasteiger partial charge on any atom is 0.316 e. The molecule has 0 rings (SSSR count). The third kappa shape index (κ3) is 13.7. The average Bonchev–Trinajstić information content (AvgIpc) is 2.29. The Morgan fingerprint density at radius 3 is 2.56 bits per heavy atom. The first-order valence-corrected chi connectivity index (χ1v) is 8.03. The van der Waals surface area contributed by atoms with Gasteiger partial charge in [-0.05, 0) is 12.8 Å². The Morgan fingerprint density at radius 1 is 1.28 bits per heavy atom. The Labute approximate surface area is 112 Å². The van der Waals surface area contributed by atoms with E-state index in [9.17, 15) is 14.2 Å². The molecule has 0 heterocycles. The van der Waals surface area contributed by atoms with Crippen LogP contribution in [0.5, 0.6) is 0 Å². The number of thioether (sulfide) groups is 1. The number of carbonyl (C=O) groups is 2. The fourth-order valence-electron chi connectivity index (χ4n) is 1.19. The van der Waals surface area contributed by atoms with Crippen molar-refractivity contribution >= 4 is 31.0 Å². The van der Waals surface area contributed by atoms with Crippen molar-refractivity contribution in [1.29, 1.82) is 0 Å². The normalized spacial score (nSPS) is 12.1. The van der Waals surface area contributed by atoms with Crippen LogP contribution < -0.4 is 5.32 Å². The first-order valence-electron chi connectivity index (χ1n) is 5.78. The third-order valence-electron chi connectivity index (χ3n) is 2.03. The lowest BCUT2D eigenvalue weighted by molar-refractivity contribution is -0.118. The van der Waals surface area contributed by atoms with Gasteiger partial charge in [-0.2, -0.15) is 0 Å². The molecule has 0 aromatic heterocycles. The molecule has 0 aliphatic carbocycles. The Kier molecular flexibility index (Phi) is 11.5. The number of hydrogen-bond donors (Lipinski definition) is 2. The van der Waals surface area contributed by atoms with Crippen LogP contribution in [-0.4, -0.2) is 34.8 Å². The van der Waals surface area contributed by atoms with Crippen molar-refractivity contribution in [3.8, 4) is 0 Å². The van der Waals surface area contributed by atoms with Gasteiger partial charge in [0.2, 0.25) is 5.91 Å². The lowest BCUT2D eigenvalue weighted by atomic mass is 10.2. The zero-order valence-corrected chi connectivity index (χ0v) is 12.3. The molecule has 1 atom stereocenters. The summed E-state index contributed by atoms with van der Waals surface area (Å²) in [4.78, 5) is 30.2. The summed E-state index contributed by atoms with van der Waals surface area (Å²) in [6.45, 7) is 2.33. The highest BCUT2D eigenvalue weighted by Crippen LogP contribution is 2.15. The van der Waals surface area contributed by atoms with Gasteiger partial charge in [-0.1, -0.05) is 24.6 Å². The monoisotopic (exact) mass is 297 g/mol. The molecule has 106 valence electrons. The minimum absolute atomic E-state index is 0.0617. The number of rotatable bonds is 10. The van der Waals surface area contributed by atoms with Gasteiger partial charge >= 0.3 is 8.25 Å². The molecule has 6 nitrogen and oxygen atoms in total. The molecular weight excluding hydrogens is 277 g/mol. The molecule has 0 aromatic rings. The lowest BCUT2D eigenvalue weighted by Crippen LogP contribution is -2.26. The Morgan fingerprint density at radius 2 is 1.94 bits per heavy atom. The number of unbranched alkanes of at least 4 members (excludes halogenated alkanes) is 3. The van der Waals surface area contributed by atoms with Gasteiger partial charge in [-0.25, -0.2) is 0 Å². The molecule has 1 amide bonds. The maximum atomic E-state index is 11.2. The molecule has 0 fully saturated rings. The molecule has 18 heavy (non-hydrogen) atoms. The van der Waals surface area contributed by atoms with E-state index in [1.165, 1.54) is 6.92 Å². The van der Waals surface area contributed by atoms with E-state index in [0.717, 1.165) is 37.4 Å². The molecule has 8 heteroatoms. The summed E-state index contributed by atoms with van der Waals surface area (Å²) >= 11 is 0.999. The smallest absolute Gasteiger partial charge is 0.316 e. The molecule has 0 aliphatic rings. The van der Waals surface area contributed by atoms with Gasteiger partial charge in [-0.15, -0.1) is 0 Å². The Balaban J connectivity index is 3.22. The van der Waals surface area contributed by atoms with Gasteiger partial charge in [0.15, 0.2) is 5.12 Å². The summed E-state index contributed by atoms with van der Waals surface area (Å²) in [6, 6.07) is 0. The van der Waals surface area contributed by atoms with Crippen LogP contribution in [0.15, 0.2) is 0 Å². The highest BCUT2D eigenvalue weighted by atomic mass is 32.2. The summed E-state index contributed by atoms with van der Waals surface area (Å²) in [5.74, 6) is 0.0472. The second kappa shape index (κ2) is 11.7. The average molecular weight is 297 g/mol. The minimum Gasteiger partial charge on any atom is -0.355 e. The highest BCUT2D eigenvalue weighted by molar-refractivity contribution is 8.14. The molecule has 0 saturated heterocycles. The molecule has 0 aromatic carbocycles. The summed E-state index contributed by atoms with van der Waals surface area (Å²) in [7, 11) is -2.79. The number of carbonyl (C=O) groups excluding carboxylic acids is 2. The second-order valence-electron chi connectivity index (χ2n) is 3.66. The fraction of sp³-hybridized carbons (Fsp3) is 0.800. The van der Waals surface area contributed by atoms with E-state index in [-0.39, 0.29) is 16.8 Å². The van der Waals surface area contributed by atoms with Crippen LogP contribution in [0.25, 0.3) is 0 Å². The van der Waals surface area contributed by atoms with Gasteiger partial charge in [0.1, 0.15) is 0 Å². The second-order valence-corrected chi connectivity index (χ2v) is 5.63. The third-order valence-corrected chi connectivity index (χ3v) is 3.29. The van der Waals surface area contributed by atoms with Gasteiger partial charge < -0.3 is 14.7 Å². The molecular formula is C10H20NO5PS. The Hall–Kier alpha value is -0.360. The first-order chi connectivity index (χ1) is 8.52. The SMILES string of the molecule is CC(=O)SCC(=O)NCCCCCCO[PH](=O)O. The van der Waals surface area contributed by atoms with E-state index in [1.54, 1.807) is 0 Å². The molecule has 0 bridgehead atoms. The van der Waals surface area contributed by atoms with Crippen molar-refractivity contribution in [1.82, 2.24) is 5.32 Å². The molecule has 0 spiro atoms. The van der Waals surface area contributed by atoms with Gasteiger partial charge in [-0.3, -0.25) is 14.2 Å². The van der Waals surface area contributed by atoms with Crippen LogP contribution in [0.2, 0.25) is 0 Å². The minimum atomic E-state index is -2.79. The topological polar surface area (TPSA) is 92.7 Å². The summed E-state index contributed by atoms with van der Waals surface area (Å²) < 4.78 is 14.7. The van der Waals surface area contributed by atoms with Crippen LogP contribution in [0, 0.1) is 0 Å². The number of nitrogens with one attached hydrogen (secondary N) is 1.